The van der Waals surface area contributed by atoms with Gasteiger partial charge < -0.3 is 24.8 Å². The number of hydrogen-bond acceptors (Lipinski definition) is 0. The first kappa shape index (κ1) is 38.5. The molecule has 5 fully saturated rings. The second-order valence-corrected chi connectivity index (χ2v) is 18.1. The van der Waals surface area contributed by atoms with Crippen molar-refractivity contribution in [3.8, 4) is 0 Å². The van der Waals surface area contributed by atoms with Gasteiger partial charge in [0.25, 0.3) is 0 Å². The molecule has 0 heterocycles. The first-order valence-corrected chi connectivity index (χ1v) is 18.7. The van der Waals surface area contributed by atoms with Gasteiger partial charge in [-0.3, -0.25) is 6.08 Å². The van der Waals surface area contributed by atoms with Crippen LogP contribution in [0, 0.1) is 81.0 Å². The van der Waals surface area contributed by atoms with Crippen molar-refractivity contribution in [3.63, 3.8) is 0 Å². The quantitative estimate of drug-likeness (QED) is 0.317. The molecule has 1 aromatic rings. The average molecular weight is 761 g/mol. The fraction of sp³-hybridized carbons (Fsp3) is 0.622. The Morgan fingerprint density at radius 2 is 1.42 bits per heavy atom. The van der Waals surface area contributed by atoms with Gasteiger partial charge in [0.1, 0.15) is 0 Å². The van der Waals surface area contributed by atoms with Crippen molar-refractivity contribution in [2.45, 2.75) is 107 Å². The Morgan fingerprint density at radius 1 is 0.812 bits per heavy atom. The summed E-state index contributed by atoms with van der Waals surface area (Å²) < 4.78 is 0. The number of benzene rings is 1. The molecule has 0 N–H and O–H groups in total. The smallest absolute Gasteiger partial charge is 1.00 e. The summed E-state index contributed by atoms with van der Waals surface area (Å²) in [6, 6.07) is 9.18. The van der Waals surface area contributed by atoms with Crippen LogP contribution in [0.4, 0.5) is 0 Å². The molecular formula is C45H58Cl2Zr. The fourth-order valence-electron chi connectivity index (χ4n) is 13.4. The van der Waals surface area contributed by atoms with Crippen molar-refractivity contribution in [2.24, 2.45) is 69.0 Å². The maximum Gasteiger partial charge on any atom is 4.00 e. The molecule has 10 rings (SSSR count). The summed E-state index contributed by atoms with van der Waals surface area (Å²) in [4.78, 5) is 0. The van der Waals surface area contributed by atoms with Crippen molar-refractivity contribution in [1.82, 2.24) is 0 Å². The SMILES string of the molecule is CC1(C23CC4CC(CC(C4)C2)C3)C=[C-]C=C1.C[C-]1C2=C3Cc4ccccc4C3=C3C=CC(C)C(C)C3(C)C2(C)C(C)C(C)C1C.[Cl-].[Cl-].[Zr+4]. The summed E-state index contributed by atoms with van der Waals surface area (Å²) >= 11 is 0. The number of rotatable bonds is 1. The number of halogens is 2. The Balaban J connectivity index is 0.000000202. The Hall–Kier alpha value is -0.747. The molecule has 3 heteroatoms. The summed E-state index contributed by atoms with van der Waals surface area (Å²) in [6.45, 7) is 22.6. The molecule has 0 nitrogen and oxygen atoms in total. The average Bonchev–Trinajstić information content (AvgIpc) is 3.63. The predicted octanol–water partition coefficient (Wildman–Crippen LogP) is 5.82. The van der Waals surface area contributed by atoms with Crippen LogP contribution in [-0.2, 0) is 32.6 Å². The minimum Gasteiger partial charge on any atom is -1.00 e. The van der Waals surface area contributed by atoms with Gasteiger partial charge in [-0.25, -0.2) is 18.1 Å². The molecule has 1 aromatic carbocycles. The summed E-state index contributed by atoms with van der Waals surface area (Å²) in [5, 5.41) is 0. The van der Waals surface area contributed by atoms with Crippen molar-refractivity contribution in [3.05, 3.63) is 94.5 Å². The molecule has 4 bridgehead atoms. The molecule has 9 aliphatic rings. The van der Waals surface area contributed by atoms with Crippen molar-refractivity contribution < 1.29 is 51.0 Å². The molecule has 8 atom stereocenters. The van der Waals surface area contributed by atoms with Crippen LogP contribution in [0.2, 0.25) is 0 Å². The molecule has 0 spiro atoms. The van der Waals surface area contributed by atoms with Crippen LogP contribution in [-0.4, -0.2) is 0 Å². The minimum atomic E-state index is 0. The van der Waals surface area contributed by atoms with Crippen molar-refractivity contribution in [2.75, 3.05) is 0 Å². The van der Waals surface area contributed by atoms with Crippen LogP contribution in [0.3, 0.4) is 0 Å². The molecular weight excluding hydrogens is 703 g/mol. The van der Waals surface area contributed by atoms with Crippen molar-refractivity contribution in [1.29, 1.82) is 0 Å². The van der Waals surface area contributed by atoms with E-state index in [1.54, 1.807) is 47.5 Å². The Morgan fingerprint density at radius 3 is 2.00 bits per heavy atom. The van der Waals surface area contributed by atoms with Gasteiger partial charge in [-0.15, -0.1) is 6.92 Å². The summed E-state index contributed by atoms with van der Waals surface area (Å²) in [7, 11) is 0. The number of allylic oxidation sites excluding steroid dienone is 10. The normalized spacial score (nSPS) is 45.2. The zero-order valence-electron chi connectivity index (χ0n) is 31.0. The van der Waals surface area contributed by atoms with Crippen LogP contribution >= 0.6 is 0 Å². The third-order valence-electron chi connectivity index (χ3n) is 16.6. The van der Waals surface area contributed by atoms with Gasteiger partial charge in [0, 0.05) is 5.41 Å². The van der Waals surface area contributed by atoms with E-state index in [1.807, 2.05) is 0 Å². The van der Waals surface area contributed by atoms with E-state index in [0.29, 0.717) is 40.4 Å². The number of fused-ring (bicyclic) bond motifs is 6. The summed E-state index contributed by atoms with van der Waals surface area (Å²) in [5.41, 5.74) is 10.9. The Bertz CT molecular complexity index is 1530. The Labute approximate surface area is 325 Å². The maximum atomic E-state index is 3.33. The second kappa shape index (κ2) is 13.0. The maximum absolute atomic E-state index is 3.33. The van der Waals surface area contributed by atoms with Gasteiger partial charge >= 0.3 is 26.2 Å². The van der Waals surface area contributed by atoms with Gasteiger partial charge in [0.2, 0.25) is 0 Å². The van der Waals surface area contributed by atoms with E-state index in [9.17, 15) is 0 Å². The van der Waals surface area contributed by atoms with Gasteiger partial charge in [-0.1, -0.05) is 126 Å². The van der Waals surface area contributed by atoms with Gasteiger partial charge in [-0.2, -0.15) is 17.2 Å². The zero-order valence-corrected chi connectivity index (χ0v) is 35.0. The van der Waals surface area contributed by atoms with E-state index in [-0.39, 0.29) is 61.8 Å². The molecule has 0 radical (unpaired) electrons. The third-order valence-corrected chi connectivity index (χ3v) is 16.6. The standard InChI is InChI=1S/C29H37.C16H21.2ClH.Zr/c1-16-13-14-25-26-23-12-10-9-11-22(23)15-24(26)27-19(4)17(2)18(3)21(6)29(27,8)28(25,7)20(16)5;1-15(4-2-3-5-15)16-9-12-6-13(10-16)8-14(7-12)11-16;;;/h9-14,16-18,20-21H,15H2,1-8H3;2,4-5,12-14H,6-11H2,1H3;2*1H;/q2*-1;;;+4/p-2. The van der Waals surface area contributed by atoms with Crippen LogP contribution in [0.15, 0.2) is 71.4 Å². The van der Waals surface area contributed by atoms with E-state index < -0.39 is 0 Å². The van der Waals surface area contributed by atoms with E-state index in [1.165, 1.54) is 30.4 Å². The van der Waals surface area contributed by atoms with E-state index >= 15 is 0 Å². The van der Waals surface area contributed by atoms with Crippen LogP contribution < -0.4 is 24.8 Å². The predicted molar refractivity (Wildman–Crippen MR) is 190 cm³/mol. The van der Waals surface area contributed by atoms with Gasteiger partial charge in [-0.05, 0) is 96.3 Å². The summed E-state index contributed by atoms with van der Waals surface area (Å²) in [6.07, 6.45) is 25.5. The molecule has 0 aliphatic heterocycles. The van der Waals surface area contributed by atoms with Crippen LogP contribution in [0.25, 0.3) is 5.57 Å². The number of hydrogen-bond donors (Lipinski definition) is 0. The van der Waals surface area contributed by atoms with Gasteiger partial charge in [0.05, 0.1) is 0 Å². The molecule has 8 unspecified atom stereocenters. The van der Waals surface area contributed by atoms with E-state index in [4.69, 9.17) is 0 Å². The minimum absolute atomic E-state index is 0. The van der Waals surface area contributed by atoms with Gasteiger partial charge in [0.15, 0.2) is 0 Å². The van der Waals surface area contributed by atoms with E-state index in [0.717, 1.165) is 24.2 Å². The van der Waals surface area contributed by atoms with Crippen molar-refractivity contribution >= 4 is 5.57 Å². The molecule has 5 saturated carbocycles. The molecule has 0 aromatic heterocycles. The van der Waals surface area contributed by atoms with Crippen LogP contribution in [0.1, 0.15) is 112 Å². The third kappa shape index (κ3) is 4.99. The topological polar surface area (TPSA) is 0 Å². The molecule has 9 aliphatic carbocycles. The molecule has 0 amide bonds. The first-order valence-electron chi connectivity index (χ1n) is 18.7. The molecule has 0 saturated heterocycles. The largest absolute Gasteiger partial charge is 4.00 e. The first-order chi connectivity index (χ1) is 21.3. The van der Waals surface area contributed by atoms with E-state index in [2.05, 4.69) is 123 Å². The molecule has 256 valence electrons. The zero-order chi connectivity index (χ0) is 31.7. The Kier molecular flexibility index (Phi) is 10.4. The molecule has 48 heavy (non-hydrogen) atoms. The summed E-state index contributed by atoms with van der Waals surface area (Å²) in [5.74, 6) is 8.11. The fourth-order valence-corrected chi connectivity index (χ4v) is 13.4. The van der Waals surface area contributed by atoms with Crippen LogP contribution in [0.5, 0.6) is 0 Å². The second-order valence-electron chi connectivity index (χ2n) is 18.1. The monoisotopic (exact) mass is 758 g/mol.